The molecule has 0 bridgehead atoms. The summed E-state index contributed by atoms with van der Waals surface area (Å²) >= 11 is 1.10. The van der Waals surface area contributed by atoms with Gasteiger partial charge < -0.3 is 5.11 Å². The maximum absolute atomic E-state index is 12.1. The quantitative estimate of drug-likeness (QED) is 0.876. The maximum atomic E-state index is 12.1. The summed E-state index contributed by atoms with van der Waals surface area (Å²) in [6, 6.07) is 8.29. The first-order valence-corrected chi connectivity index (χ1v) is 7.93. The van der Waals surface area contributed by atoms with Crippen molar-refractivity contribution < 1.29 is 13.5 Å². The van der Waals surface area contributed by atoms with Crippen molar-refractivity contribution in [1.29, 1.82) is 0 Å². The lowest BCUT2D eigenvalue weighted by Crippen LogP contribution is -2.30. The second-order valence-corrected chi connectivity index (χ2v) is 7.14. The Labute approximate surface area is 116 Å². The number of aryl methyl sites for hydroxylation is 1. The molecule has 19 heavy (non-hydrogen) atoms. The van der Waals surface area contributed by atoms with Crippen molar-refractivity contribution in [3.05, 3.63) is 47.1 Å². The van der Waals surface area contributed by atoms with E-state index in [1.165, 1.54) is 6.20 Å². The third-order valence-corrected chi connectivity index (χ3v) is 5.39. The van der Waals surface area contributed by atoms with E-state index in [-0.39, 0.29) is 10.8 Å². The van der Waals surface area contributed by atoms with Crippen molar-refractivity contribution in [3.8, 4) is 0 Å². The lowest BCUT2D eigenvalue weighted by atomic mass is 10.1. The SMILES string of the molecule is Cc1ncc(S(=O)(=O)NC(CO)c2ccccc2)s1. The number of rotatable bonds is 5. The summed E-state index contributed by atoms with van der Waals surface area (Å²) in [6.45, 7) is 1.44. The van der Waals surface area contributed by atoms with E-state index >= 15 is 0 Å². The normalized spacial score (nSPS) is 13.4. The van der Waals surface area contributed by atoms with Crippen molar-refractivity contribution in [1.82, 2.24) is 9.71 Å². The van der Waals surface area contributed by atoms with Crippen LogP contribution in [0.3, 0.4) is 0 Å². The molecule has 0 aliphatic carbocycles. The fourth-order valence-corrected chi connectivity index (χ4v) is 3.95. The van der Waals surface area contributed by atoms with Crippen molar-refractivity contribution in [2.75, 3.05) is 6.61 Å². The van der Waals surface area contributed by atoms with Crippen LogP contribution >= 0.6 is 11.3 Å². The molecule has 0 amide bonds. The Morgan fingerprint density at radius 2 is 2.05 bits per heavy atom. The lowest BCUT2D eigenvalue weighted by molar-refractivity contribution is 0.259. The van der Waals surface area contributed by atoms with Crippen LogP contribution in [0.4, 0.5) is 0 Å². The minimum Gasteiger partial charge on any atom is -0.394 e. The van der Waals surface area contributed by atoms with Crippen LogP contribution in [-0.4, -0.2) is 25.1 Å². The summed E-state index contributed by atoms with van der Waals surface area (Å²) in [7, 11) is -3.65. The highest BCUT2D eigenvalue weighted by Crippen LogP contribution is 2.21. The Hall–Kier alpha value is -1.28. The van der Waals surface area contributed by atoms with Crippen LogP contribution in [0.2, 0.25) is 0 Å². The Morgan fingerprint density at radius 3 is 2.58 bits per heavy atom. The zero-order valence-corrected chi connectivity index (χ0v) is 11.9. The third kappa shape index (κ3) is 3.38. The fraction of sp³-hybridized carbons (Fsp3) is 0.250. The highest BCUT2D eigenvalue weighted by molar-refractivity contribution is 7.91. The van der Waals surface area contributed by atoms with E-state index in [2.05, 4.69) is 9.71 Å². The number of hydrogen-bond donors (Lipinski definition) is 2. The number of hydrogen-bond acceptors (Lipinski definition) is 5. The smallest absolute Gasteiger partial charge is 0.252 e. The number of nitrogens with zero attached hydrogens (tertiary/aromatic N) is 1. The number of aromatic nitrogens is 1. The average Bonchev–Trinajstić information content (AvgIpc) is 2.85. The number of nitrogens with one attached hydrogen (secondary N) is 1. The molecule has 0 aliphatic heterocycles. The van der Waals surface area contributed by atoms with Crippen LogP contribution in [0.15, 0.2) is 40.7 Å². The summed E-state index contributed by atoms with van der Waals surface area (Å²) in [5.41, 5.74) is 0.717. The lowest BCUT2D eigenvalue weighted by Gasteiger charge is -2.15. The molecule has 2 rings (SSSR count). The Morgan fingerprint density at radius 1 is 1.37 bits per heavy atom. The Balaban J connectivity index is 2.23. The van der Waals surface area contributed by atoms with E-state index in [4.69, 9.17) is 0 Å². The molecule has 0 aliphatic rings. The number of sulfonamides is 1. The molecule has 0 radical (unpaired) electrons. The van der Waals surface area contributed by atoms with Crippen molar-refractivity contribution >= 4 is 21.4 Å². The molecular weight excluding hydrogens is 284 g/mol. The van der Waals surface area contributed by atoms with Gasteiger partial charge in [0.05, 0.1) is 23.9 Å². The second kappa shape index (κ2) is 5.79. The molecule has 1 aromatic heterocycles. The molecule has 1 aromatic carbocycles. The molecule has 1 atom stereocenters. The standard InChI is InChI=1S/C12H14N2O3S2/c1-9-13-7-12(18-9)19(16,17)14-11(8-15)10-5-3-2-4-6-10/h2-7,11,14-15H,8H2,1H3. The first kappa shape index (κ1) is 14.1. The van der Waals surface area contributed by atoms with E-state index in [1.54, 1.807) is 31.2 Å². The van der Waals surface area contributed by atoms with Crippen LogP contribution in [0, 0.1) is 6.92 Å². The first-order valence-electron chi connectivity index (χ1n) is 5.63. The fourth-order valence-electron chi connectivity index (χ4n) is 1.61. The van der Waals surface area contributed by atoms with Crippen LogP contribution in [0.1, 0.15) is 16.6 Å². The summed E-state index contributed by atoms with van der Waals surface area (Å²) < 4.78 is 26.9. The number of aliphatic hydroxyl groups is 1. The molecule has 5 nitrogen and oxygen atoms in total. The van der Waals surface area contributed by atoms with Gasteiger partial charge in [-0.2, -0.15) is 0 Å². The van der Waals surface area contributed by atoms with Gasteiger partial charge in [-0.05, 0) is 12.5 Å². The number of thiazole rings is 1. The van der Waals surface area contributed by atoms with Gasteiger partial charge in [0.15, 0.2) is 4.21 Å². The molecule has 102 valence electrons. The zero-order valence-electron chi connectivity index (χ0n) is 10.3. The van der Waals surface area contributed by atoms with Crippen molar-refractivity contribution in [3.63, 3.8) is 0 Å². The predicted octanol–water partition coefficient (Wildman–Crippen LogP) is 1.46. The van der Waals surface area contributed by atoms with Gasteiger partial charge in [-0.1, -0.05) is 30.3 Å². The van der Waals surface area contributed by atoms with Crippen LogP contribution in [0.25, 0.3) is 0 Å². The number of aliphatic hydroxyl groups excluding tert-OH is 1. The van der Waals surface area contributed by atoms with E-state index in [1.807, 2.05) is 6.07 Å². The molecule has 0 saturated carbocycles. The summed E-state index contributed by atoms with van der Waals surface area (Å²) in [6.07, 6.45) is 1.32. The van der Waals surface area contributed by atoms with Gasteiger partial charge in [-0.15, -0.1) is 11.3 Å². The van der Waals surface area contributed by atoms with E-state index in [0.717, 1.165) is 16.9 Å². The number of benzene rings is 1. The molecule has 7 heteroatoms. The molecule has 2 aromatic rings. The van der Waals surface area contributed by atoms with E-state index < -0.39 is 16.1 Å². The maximum Gasteiger partial charge on any atom is 0.252 e. The summed E-state index contributed by atoms with van der Waals surface area (Å²) in [5.74, 6) is 0. The molecule has 1 unspecified atom stereocenters. The highest BCUT2D eigenvalue weighted by Gasteiger charge is 2.22. The molecule has 1 heterocycles. The third-order valence-electron chi connectivity index (χ3n) is 2.55. The van der Waals surface area contributed by atoms with Crippen LogP contribution in [0.5, 0.6) is 0 Å². The van der Waals surface area contributed by atoms with Crippen molar-refractivity contribution in [2.24, 2.45) is 0 Å². The highest BCUT2D eigenvalue weighted by atomic mass is 32.2. The largest absolute Gasteiger partial charge is 0.394 e. The minimum atomic E-state index is -3.65. The minimum absolute atomic E-state index is 0.152. The average molecular weight is 298 g/mol. The Kier molecular flexibility index (Phi) is 4.31. The summed E-state index contributed by atoms with van der Waals surface area (Å²) in [4.78, 5) is 3.93. The Bertz CT molecular complexity index is 638. The van der Waals surface area contributed by atoms with E-state index in [9.17, 15) is 13.5 Å². The summed E-state index contributed by atoms with van der Waals surface area (Å²) in [5, 5.41) is 10.0. The topological polar surface area (TPSA) is 79.3 Å². The van der Waals surface area contributed by atoms with Gasteiger partial charge in [0.2, 0.25) is 0 Å². The molecule has 2 N–H and O–H groups in total. The van der Waals surface area contributed by atoms with E-state index in [0.29, 0.717) is 5.01 Å². The van der Waals surface area contributed by atoms with Gasteiger partial charge >= 0.3 is 0 Å². The molecule has 0 fully saturated rings. The monoisotopic (exact) mass is 298 g/mol. The molecule has 0 saturated heterocycles. The van der Waals surface area contributed by atoms with Gasteiger partial charge in [0.25, 0.3) is 10.0 Å². The molecule has 0 spiro atoms. The first-order chi connectivity index (χ1) is 9.03. The van der Waals surface area contributed by atoms with Gasteiger partial charge in [0, 0.05) is 0 Å². The zero-order chi connectivity index (χ0) is 13.9. The van der Waals surface area contributed by atoms with Gasteiger partial charge in [0.1, 0.15) is 0 Å². The van der Waals surface area contributed by atoms with Crippen molar-refractivity contribution in [2.45, 2.75) is 17.2 Å². The van der Waals surface area contributed by atoms with Gasteiger partial charge in [-0.3, -0.25) is 0 Å². The van der Waals surface area contributed by atoms with Crippen LogP contribution < -0.4 is 4.72 Å². The predicted molar refractivity (Wildman–Crippen MR) is 73.4 cm³/mol. The van der Waals surface area contributed by atoms with Gasteiger partial charge in [-0.25, -0.2) is 18.1 Å². The molecular formula is C12H14N2O3S2. The van der Waals surface area contributed by atoms with Crippen LogP contribution in [-0.2, 0) is 10.0 Å². The second-order valence-electron chi connectivity index (χ2n) is 3.97.